The van der Waals surface area contributed by atoms with Gasteiger partial charge < -0.3 is 20.4 Å². The van der Waals surface area contributed by atoms with Gasteiger partial charge in [0.2, 0.25) is 5.88 Å². The number of hydrogen-bond donors (Lipinski definition) is 3. The standard InChI is InChI=1S/C23H18N6O2/c1-12-18(11-27-23-20(12)25-4-5-31-23)13-7-16-17(22(30)29-21(16)26-10-13)8-15-6-14-9-24-3-2-19(14)28-15/h2-3,6-11,25,28H,4-5H2,1H3,(H,26,29,30). The predicted octanol–water partition coefficient (Wildman–Crippen LogP) is 3.63. The molecule has 6 heterocycles. The first-order valence-electron chi connectivity index (χ1n) is 10.0. The molecule has 152 valence electrons. The summed E-state index contributed by atoms with van der Waals surface area (Å²) >= 11 is 0. The fourth-order valence-electron chi connectivity index (χ4n) is 4.10. The van der Waals surface area contributed by atoms with Crippen LogP contribution in [0.1, 0.15) is 16.8 Å². The van der Waals surface area contributed by atoms with Gasteiger partial charge in [-0.25, -0.2) is 9.97 Å². The van der Waals surface area contributed by atoms with Crippen LogP contribution in [0.5, 0.6) is 5.88 Å². The number of nitrogens with zero attached hydrogens (tertiary/aromatic N) is 3. The Balaban J connectivity index is 1.45. The highest BCUT2D eigenvalue weighted by atomic mass is 16.5. The number of amides is 1. The average Bonchev–Trinajstić information content (AvgIpc) is 3.34. The first-order chi connectivity index (χ1) is 15.2. The summed E-state index contributed by atoms with van der Waals surface area (Å²) in [6.45, 7) is 3.38. The number of rotatable bonds is 2. The molecule has 0 saturated heterocycles. The van der Waals surface area contributed by atoms with E-state index in [2.05, 4.69) is 30.6 Å². The van der Waals surface area contributed by atoms with Gasteiger partial charge in [0.05, 0.1) is 5.57 Å². The lowest BCUT2D eigenvalue weighted by atomic mass is 9.99. The average molecular weight is 410 g/mol. The van der Waals surface area contributed by atoms with Crippen molar-refractivity contribution in [1.82, 2.24) is 19.9 Å². The van der Waals surface area contributed by atoms with Gasteiger partial charge in [-0.05, 0) is 36.8 Å². The zero-order valence-corrected chi connectivity index (χ0v) is 16.7. The lowest BCUT2D eigenvalue weighted by molar-refractivity contribution is -0.110. The van der Waals surface area contributed by atoms with E-state index in [0.717, 1.165) is 51.1 Å². The van der Waals surface area contributed by atoms with Crippen LogP contribution >= 0.6 is 0 Å². The molecule has 31 heavy (non-hydrogen) atoms. The van der Waals surface area contributed by atoms with Crippen LogP contribution in [-0.4, -0.2) is 39.0 Å². The van der Waals surface area contributed by atoms with E-state index in [-0.39, 0.29) is 5.91 Å². The Hall–Kier alpha value is -4.20. The number of pyridine rings is 3. The van der Waals surface area contributed by atoms with Crippen LogP contribution < -0.4 is 15.4 Å². The van der Waals surface area contributed by atoms with Gasteiger partial charge in [0.15, 0.2) is 0 Å². The molecule has 6 rings (SSSR count). The molecule has 0 saturated carbocycles. The van der Waals surface area contributed by atoms with Crippen molar-refractivity contribution in [2.75, 3.05) is 23.8 Å². The largest absolute Gasteiger partial charge is 0.474 e. The number of H-pyrrole nitrogens is 1. The first-order valence-corrected chi connectivity index (χ1v) is 10.0. The molecule has 0 spiro atoms. The number of nitrogens with one attached hydrogen (secondary N) is 3. The molecule has 8 heteroatoms. The second kappa shape index (κ2) is 6.66. The van der Waals surface area contributed by atoms with E-state index in [9.17, 15) is 4.79 Å². The predicted molar refractivity (Wildman–Crippen MR) is 119 cm³/mol. The van der Waals surface area contributed by atoms with Crippen molar-refractivity contribution in [3.63, 3.8) is 0 Å². The minimum absolute atomic E-state index is 0.174. The molecule has 4 aromatic heterocycles. The second-order valence-electron chi connectivity index (χ2n) is 7.57. The van der Waals surface area contributed by atoms with Gasteiger partial charge in [0.25, 0.3) is 5.91 Å². The summed E-state index contributed by atoms with van der Waals surface area (Å²) in [5.41, 5.74) is 6.91. The van der Waals surface area contributed by atoms with Gasteiger partial charge in [-0.15, -0.1) is 0 Å². The van der Waals surface area contributed by atoms with Gasteiger partial charge in [0, 0.05) is 64.6 Å². The van der Waals surface area contributed by atoms with Crippen LogP contribution in [0.15, 0.2) is 43.0 Å². The van der Waals surface area contributed by atoms with E-state index in [1.54, 1.807) is 24.8 Å². The number of carbonyl (C=O) groups excluding carboxylic acids is 1. The van der Waals surface area contributed by atoms with Gasteiger partial charge in [-0.3, -0.25) is 9.78 Å². The first kappa shape index (κ1) is 17.6. The number of carbonyl (C=O) groups is 1. The summed E-state index contributed by atoms with van der Waals surface area (Å²) < 4.78 is 5.63. The van der Waals surface area contributed by atoms with Crippen molar-refractivity contribution >= 4 is 40.0 Å². The quantitative estimate of drug-likeness (QED) is 0.436. The van der Waals surface area contributed by atoms with E-state index in [0.29, 0.717) is 23.9 Å². The Morgan fingerprint density at radius 1 is 1.13 bits per heavy atom. The summed E-state index contributed by atoms with van der Waals surface area (Å²) in [5.74, 6) is 1.00. The van der Waals surface area contributed by atoms with E-state index in [1.165, 1.54) is 0 Å². The molecule has 0 atom stereocenters. The lowest BCUT2D eigenvalue weighted by Gasteiger charge is -2.21. The Labute approximate surface area is 177 Å². The number of aromatic nitrogens is 4. The summed E-state index contributed by atoms with van der Waals surface area (Å²) in [6, 6.07) is 5.86. The maximum atomic E-state index is 12.7. The van der Waals surface area contributed by atoms with Crippen molar-refractivity contribution in [2.45, 2.75) is 6.92 Å². The third-order valence-electron chi connectivity index (χ3n) is 5.65. The van der Waals surface area contributed by atoms with Crippen LogP contribution in [0.2, 0.25) is 0 Å². The van der Waals surface area contributed by atoms with Crippen LogP contribution in [0.25, 0.3) is 33.7 Å². The SMILES string of the molecule is Cc1c(-c2cnc3c(c2)C(=Cc2cc4cnccc4[nH]2)C(=O)N3)cnc2c1NCCO2. The maximum Gasteiger partial charge on any atom is 0.257 e. The zero-order chi connectivity index (χ0) is 20.9. The molecule has 0 radical (unpaired) electrons. The molecule has 8 nitrogen and oxygen atoms in total. The van der Waals surface area contributed by atoms with Crippen molar-refractivity contribution in [3.8, 4) is 17.0 Å². The molecule has 0 unspecified atom stereocenters. The zero-order valence-electron chi connectivity index (χ0n) is 16.7. The monoisotopic (exact) mass is 410 g/mol. The summed E-state index contributed by atoms with van der Waals surface area (Å²) in [7, 11) is 0. The molecule has 0 bridgehead atoms. The Kier molecular flexibility index (Phi) is 3.79. The number of fused-ring (bicyclic) bond motifs is 3. The lowest BCUT2D eigenvalue weighted by Crippen LogP contribution is -2.20. The second-order valence-corrected chi connectivity index (χ2v) is 7.57. The molecule has 3 N–H and O–H groups in total. The Bertz CT molecular complexity index is 1370. The minimum atomic E-state index is -0.174. The fraction of sp³-hybridized carbons (Fsp3) is 0.130. The molecular formula is C23H18N6O2. The van der Waals surface area contributed by atoms with Crippen LogP contribution in [0.4, 0.5) is 11.5 Å². The molecule has 2 aliphatic heterocycles. The fourth-order valence-corrected chi connectivity index (χ4v) is 4.10. The highest BCUT2D eigenvalue weighted by Gasteiger charge is 2.27. The van der Waals surface area contributed by atoms with Crippen molar-refractivity contribution in [1.29, 1.82) is 0 Å². The molecule has 0 fully saturated rings. The Morgan fingerprint density at radius 3 is 2.97 bits per heavy atom. The normalized spacial score (nSPS) is 15.9. The van der Waals surface area contributed by atoms with Crippen molar-refractivity contribution in [3.05, 3.63) is 59.8 Å². The molecule has 0 aliphatic carbocycles. The topological polar surface area (TPSA) is 105 Å². The van der Waals surface area contributed by atoms with Crippen LogP contribution in [0.3, 0.4) is 0 Å². The van der Waals surface area contributed by atoms with Crippen molar-refractivity contribution < 1.29 is 9.53 Å². The van der Waals surface area contributed by atoms with Crippen molar-refractivity contribution in [2.24, 2.45) is 0 Å². The van der Waals surface area contributed by atoms with Crippen LogP contribution in [0, 0.1) is 6.92 Å². The van der Waals surface area contributed by atoms with Gasteiger partial charge in [-0.2, -0.15) is 0 Å². The van der Waals surface area contributed by atoms with Gasteiger partial charge in [0.1, 0.15) is 18.1 Å². The third-order valence-corrected chi connectivity index (χ3v) is 5.65. The summed E-state index contributed by atoms with van der Waals surface area (Å²) in [5, 5.41) is 7.20. The molecule has 2 aliphatic rings. The van der Waals surface area contributed by atoms with E-state index in [1.807, 2.05) is 31.2 Å². The number of hydrogen-bond acceptors (Lipinski definition) is 6. The number of ether oxygens (including phenoxy) is 1. The molecule has 0 aromatic carbocycles. The summed E-state index contributed by atoms with van der Waals surface area (Å²) in [4.78, 5) is 29.1. The van der Waals surface area contributed by atoms with Crippen LogP contribution in [-0.2, 0) is 4.79 Å². The highest BCUT2D eigenvalue weighted by Crippen LogP contribution is 2.38. The molecule has 4 aromatic rings. The third kappa shape index (κ3) is 2.83. The van der Waals surface area contributed by atoms with E-state index >= 15 is 0 Å². The van der Waals surface area contributed by atoms with E-state index in [4.69, 9.17) is 4.74 Å². The number of aromatic amines is 1. The summed E-state index contributed by atoms with van der Waals surface area (Å²) in [6.07, 6.45) is 8.93. The molecular weight excluding hydrogens is 392 g/mol. The van der Waals surface area contributed by atoms with E-state index < -0.39 is 0 Å². The minimum Gasteiger partial charge on any atom is -0.474 e. The van der Waals surface area contributed by atoms with Gasteiger partial charge >= 0.3 is 0 Å². The molecule has 1 amide bonds. The Morgan fingerprint density at radius 2 is 2.06 bits per heavy atom. The number of anilines is 2. The van der Waals surface area contributed by atoms with Gasteiger partial charge in [-0.1, -0.05) is 0 Å². The maximum absolute atomic E-state index is 12.7. The highest BCUT2D eigenvalue weighted by molar-refractivity contribution is 6.34. The smallest absolute Gasteiger partial charge is 0.257 e.